The van der Waals surface area contributed by atoms with Crippen molar-refractivity contribution in [2.24, 2.45) is 0 Å². The number of Topliss-reactive ketones (excluding diaryl/α,β-unsaturated/α-hetero) is 2. The molecule has 0 aliphatic heterocycles. The molecular formula is C17H13N3O3. The van der Waals surface area contributed by atoms with E-state index in [1.54, 1.807) is 12.1 Å². The monoisotopic (exact) mass is 307 g/mol. The van der Waals surface area contributed by atoms with Crippen LogP contribution in [-0.4, -0.2) is 28.8 Å². The normalized spacial score (nSPS) is 19.6. The van der Waals surface area contributed by atoms with Crippen LogP contribution < -0.4 is 10.6 Å². The van der Waals surface area contributed by atoms with Crippen LogP contribution in [0.1, 0.15) is 5.56 Å². The minimum absolute atomic E-state index is 0.144. The number of rotatable bonds is 4. The van der Waals surface area contributed by atoms with Crippen LogP contribution in [0, 0.1) is 11.3 Å². The second-order valence-electron chi connectivity index (χ2n) is 5.18. The van der Waals surface area contributed by atoms with Crippen LogP contribution in [0.5, 0.6) is 5.75 Å². The maximum atomic E-state index is 11.8. The lowest BCUT2D eigenvalue weighted by Crippen LogP contribution is -2.64. The molecule has 3 N–H and O–H groups in total. The quantitative estimate of drug-likeness (QED) is 0.586. The molecule has 0 radical (unpaired) electrons. The zero-order valence-electron chi connectivity index (χ0n) is 12.0. The Morgan fingerprint density at radius 1 is 0.957 bits per heavy atom. The Morgan fingerprint density at radius 2 is 1.61 bits per heavy atom. The third-order valence-electron chi connectivity index (χ3n) is 3.67. The Balaban J connectivity index is 1.77. The first kappa shape index (κ1) is 14.6. The Morgan fingerprint density at radius 3 is 2.22 bits per heavy atom. The molecular weight excluding hydrogens is 294 g/mol. The second kappa shape index (κ2) is 5.81. The van der Waals surface area contributed by atoms with E-state index in [1.165, 1.54) is 18.2 Å². The third kappa shape index (κ3) is 2.72. The maximum absolute atomic E-state index is 11.8. The molecule has 1 fully saturated rings. The predicted octanol–water partition coefficient (Wildman–Crippen LogP) is 1.68. The van der Waals surface area contributed by atoms with Crippen molar-refractivity contribution in [3.63, 3.8) is 0 Å². The van der Waals surface area contributed by atoms with Crippen LogP contribution in [0.2, 0.25) is 0 Å². The number of benzene rings is 2. The van der Waals surface area contributed by atoms with Crippen molar-refractivity contribution in [3.05, 3.63) is 54.1 Å². The number of hydrogen-bond acceptors (Lipinski definition) is 6. The first-order chi connectivity index (χ1) is 11.1. The number of aromatic hydroxyl groups is 1. The molecule has 1 aliphatic rings. The summed E-state index contributed by atoms with van der Waals surface area (Å²) in [4.78, 5) is 23.6. The number of phenols is 1. The van der Waals surface area contributed by atoms with Gasteiger partial charge in [-0.15, -0.1) is 0 Å². The molecule has 0 bridgehead atoms. The first-order valence-corrected chi connectivity index (χ1v) is 6.99. The number of hydrogen-bond donors (Lipinski definition) is 3. The molecule has 1 aliphatic carbocycles. The van der Waals surface area contributed by atoms with E-state index in [-0.39, 0.29) is 5.75 Å². The van der Waals surface area contributed by atoms with Crippen LogP contribution in [0.25, 0.3) is 0 Å². The van der Waals surface area contributed by atoms with Crippen molar-refractivity contribution in [3.8, 4) is 11.8 Å². The van der Waals surface area contributed by atoms with E-state index in [4.69, 9.17) is 5.26 Å². The summed E-state index contributed by atoms with van der Waals surface area (Å²) in [5.74, 6) is -1.18. The topological polar surface area (TPSA) is 102 Å². The zero-order chi connectivity index (χ0) is 16.4. The fraction of sp³-hybridized carbons (Fsp3) is 0.118. The number of nitrogens with zero attached hydrogens (tertiary/aromatic N) is 1. The number of nitriles is 1. The molecule has 114 valence electrons. The van der Waals surface area contributed by atoms with E-state index >= 15 is 0 Å². The standard InChI is InChI=1S/C17H13N3O3/c18-9-10-6-7-12(13(21)8-10)20-15-14(16(22)17(15)23)19-11-4-2-1-3-5-11/h1-8,14-15,19-21H. The maximum Gasteiger partial charge on any atom is 0.225 e. The molecule has 2 atom stereocenters. The van der Waals surface area contributed by atoms with E-state index in [0.717, 1.165) is 5.69 Å². The van der Waals surface area contributed by atoms with Crippen LogP contribution in [0.3, 0.4) is 0 Å². The van der Waals surface area contributed by atoms with Gasteiger partial charge in [0.2, 0.25) is 11.6 Å². The summed E-state index contributed by atoms with van der Waals surface area (Å²) in [5, 5.41) is 24.5. The van der Waals surface area contributed by atoms with Gasteiger partial charge < -0.3 is 15.7 Å². The van der Waals surface area contributed by atoms with Gasteiger partial charge in [-0.25, -0.2) is 0 Å². The molecule has 23 heavy (non-hydrogen) atoms. The molecule has 2 aromatic carbocycles. The zero-order valence-corrected chi connectivity index (χ0v) is 12.0. The van der Waals surface area contributed by atoms with Gasteiger partial charge in [0.05, 0.1) is 17.3 Å². The average Bonchev–Trinajstić information content (AvgIpc) is 2.59. The van der Waals surface area contributed by atoms with Crippen molar-refractivity contribution in [1.82, 2.24) is 0 Å². The van der Waals surface area contributed by atoms with E-state index in [9.17, 15) is 14.7 Å². The van der Waals surface area contributed by atoms with Gasteiger partial charge in [0.15, 0.2) is 0 Å². The molecule has 2 unspecified atom stereocenters. The summed E-state index contributed by atoms with van der Waals surface area (Å²) in [6.07, 6.45) is 0. The van der Waals surface area contributed by atoms with E-state index < -0.39 is 23.7 Å². The summed E-state index contributed by atoms with van der Waals surface area (Å²) in [6.45, 7) is 0. The van der Waals surface area contributed by atoms with Gasteiger partial charge in [0, 0.05) is 5.69 Å². The molecule has 0 spiro atoms. The Labute approximate surface area is 132 Å². The number of phenolic OH excluding ortho intramolecular Hbond substituents is 1. The highest BCUT2D eigenvalue weighted by Gasteiger charge is 2.49. The van der Waals surface area contributed by atoms with Gasteiger partial charge in [-0.2, -0.15) is 5.26 Å². The molecule has 2 aromatic rings. The van der Waals surface area contributed by atoms with Gasteiger partial charge >= 0.3 is 0 Å². The summed E-state index contributed by atoms with van der Waals surface area (Å²) in [6, 6.07) is 13.9. The number of nitrogens with one attached hydrogen (secondary N) is 2. The predicted molar refractivity (Wildman–Crippen MR) is 84.1 cm³/mol. The molecule has 0 saturated heterocycles. The van der Waals surface area contributed by atoms with Gasteiger partial charge in [0.1, 0.15) is 17.8 Å². The number of carbonyl (C=O) groups is 2. The molecule has 0 aromatic heterocycles. The Kier molecular flexibility index (Phi) is 3.69. The van der Waals surface area contributed by atoms with Crippen LogP contribution in [-0.2, 0) is 9.59 Å². The van der Waals surface area contributed by atoms with Crippen molar-refractivity contribution in [2.75, 3.05) is 10.6 Å². The summed E-state index contributed by atoms with van der Waals surface area (Å²) < 4.78 is 0. The smallest absolute Gasteiger partial charge is 0.225 e. The molecule has 6 heteroatoms. The van der Waals surface area contributed by atoms with Crippen molar-refractivity contribution in [1.29, 1.82) is 5.26 Å². The lowest BCUT2D eigenvalue weighted by molar-refractivity contribution is -0.144. The van der Waals surface area contributed by atoms with Gasteiger partial charge in [-0.1, -0.05) is 18.2 Å². The van der Waals surface area contributed by atoms with E-state index in [2.05, 4.69) is 10.6 Å². The van der Waals surface area contributed by atoms with Gasteiger partial charge in [-0.05, 0) is 30.3 Å². The lowest BCUT2D eigenvalue weighted by atomic mass is 9.82. The van der Waals surface area contributed by atoms with Gasteiger partial charge in [-0.3, -0.25) is 9.59 Å². The largest absolute Gasteiger partial charge is 0.506 e. The fourth-order valence-electron chi connectivity index (χ4n) is 2.42. The summed E-state index contributed by atoms with van der Waals surface area (Å²) in [7, 11) is 0. The SMILES string of the molecule is N#Cc1ccc(NC2C(=O)C(=O)C2Nc2ccccc2)c(O)c1. The first-order valence-electron chi connectivity index (χ1n) is 6.99. The van der Waals surface area contributed by atoms with Gasteiger partial charge in [0.25, 0.3) is 0 Å². The molecule has 1 saturated carbocycles. The van der Waals surface area contributed by atoms with Crippen LogP contribution in [0.4, 0.5) is 11.4 Å². The highest BCUT2D eigenvalue weighted by molar-refractivity contribution is 6.50. The number of anilines is 2. The highest BCUT2D eigenvalue weighted by atomic mass is 16.3. The fourth-order valence-corrected chi connectivity index (χ4v) is 2.42. The number of para-hydroxylation sites is 1. The second-order valence-corrected chi connectivity index (χ2v) is 5.18. The molecule has 0 amide bonds. The summed E-state index contributed by atoms with van der Waals surface area (Å²) in [5.41, 5.74) is 1.34. The van der Waals surface area contributed by atoms with Crippen molar-refractivity contribution in [2.45, 2.75) is 12.1 Å². The molecule has 0 heterocycles. The Bertz CT molecular complexity index is 812. The van der Waals surface area contributed by atoms with Crippen molar-refractivity contribution >= 4 is 22.9 Å². The van der Waals surface area contributed by atoms with E-state index in [1.807, 2.05) is 24.3 Å². The number of ketones is 2. The van der Waals surface area contributed by atoms with Crippen LogP contribution in [0.15, 0.2) is 48.5 Å². The lowest BCUT2D eigenvalue weighted by Gasteiger charge is -2.35. The van der Waals surface area contributed by atoms with Crippen molar-refractivity contribution < 1.29 is 14.7 Å². The van der Waals surface area contributed by atoms with Crippen LogP contribution >= 0.6 is 0 Å². The molecule has 6 nitrogen and oxygen atoms in total. The minimum atomic E-state index is -0.762. The average molecular weight is 307 g/mol. The summed E-state index contributed by atoms with van der Waals surface area (Å²) >= 11 is 0. The molecule has 3 rings (SSSR count). The number of carbonyl (C=O) groups excluding carboxylic acids is 2. The minimum Gasteiger partial charge on any atom is -0.506 e. The highest BCUT2D eigenvalue weighted by Crippen LogP contribution is 2.28. The third-order valence-corrected chi connectivity index (χ3v) is 3.67. The van der Waals surface area contributed by atoms with E-state index in [0.29, 0.717) is 11.3 Å². The Hall–Kier alpha value is -3.33.